The first-order valence-electron chi connectivity index (χ1n) is 12.8. The van der Waals surface area contributed by atoms with Crippen LogP contribution >= 0.6 is 0 Å². The number of halogens is 5. The van der Waals surface area contributed by atoms with Crippen molar-refractivity contribution in [1.82, 2.24) is 20.1 Å². The number of rotatable bonds is 10. The number of carbonyl (C=O) groups excluding carboxylic acids is 1. The van der Waals surface area contributed by atoms with Gasteiger partial charge in [-0.2, -0.15) is 13.2 Å². The number of benzene rings is 2. The van der Waals surface area contributed by atoms with Gasteiger partial charge >= 0.3 is 6.18 Å². The molecule has 1 N–H and O–H groups in total. The summed E-state index contributed by atoms with van der Waals surface area (Å²) in [6, 6.07) is 8.93. The summed E-state index contributed by atoms with van der Waals surface area (Å²) in [5, 5.41) is 11.1. The lowest BCUT2D eigenvalue weighted by atomic mass is 9.78. The van der Waals surface area contributed by atoms with Crippen LogP contribution in [-0.4, -0.2) is 39.2 Å². The molecule has 5 rings (SSSR count). The highest BCUT2D eigenvalue weighted by Crippen LogP contribution is 2.40. The van der Waals surface area contributed by atoms with Crippen LogP contribution in [0.25, 0.3) is 0 Å². The highest BCUT2D eigenvalue weighted by molar-refractivity contribution is 6.10. The Hall–Kier alpha value is -3.42. The molecule has 1 amide bonds. The second kappa shape index (κ2) is 10.9. The molecule has 1 aliphatic heterocycles. The highest BCUT2D eigenvalue weighted by atomic mass is 19.4. The minimum absolute atomic E-state index is 0.00263. The Labute approximate surface area is 227 Å². The molecule has 1 aliphatic carbocycles. The van der Waals surface area contributed by atoms with Gasteiger partial charge in [-0.1, -0.05) is 12.1 Å². The lowest BCUT2D eigenvalue weighted by molar-refractivity contribution is -0.331. The molecule has 2 aromatic carbocycles. The van der Waals surface area contributed by atoms with E-state index in [0.29, 0.717) is 16.8 Å². The lowest BCUT2D eigenvalue weighted by Crippen LogP contribution is -2.47. The average Bonchev–Trinajstić information content (AvgIpc) is 3.46. The highest BCUT2D eigenvalue weighted by Gasteiger charge is 2.41. The van der Waals surface area contributed by atoms with Crippen LogP contribution in [0.2, 0.25) is 0 Å². The minimum atomic E-state index is -4.65. The number of aryl methyl sites for hydroxylation is 1. The summed E-state index contributed by atoms with van der Waals surface area (Å²) in [5.74, 6) is -0.335. The molecule has 1 aromatic heterocycles. The maximum absolute atomic E-state index is 14.1. The molecule has 2 aliphatic rings. The normalized spacial score (nSPS) is 17.3. The predicted octanol–water partition coefficient (Wildman–Crippen LogP) is 5.33. The summed E-state index contributed by atoms with van der Waals surface area (Å²) in [6.45, 7) is 0.982. The molecule has 0 radical (unpaired) electrons. The molecule has 3 aromatic rings. The topological polar surface area (TPSA) is 81.5 Å². The summed E-state index contributed by atoms with van der Waals surface area (Å²) in [4.78, 5) is 24.7. The van der Waals surface area contributed by atoms with Crippen molar-refractivity contribution in [3.05, 3.63) is 76.4 Å². The molecule has 0 unspecified atom stereocenters. The van der Waals surface area contributed by atoms with Crippen LogP contribution in [0.15, 0.2) is 42.7 Å². The first-order valence-corrected chi connectivity index (χ1v) is 12.8. The number of hydrogen-bond acceptors (Lipinski definition) is 6. The minimum Gasteiger partial charge on any atom is -0.318 e. The third kappa shape index (κ3) is 5.72. The number of aromatic nitrogens is 3. The third-order valence-electron chi connectivity index (χ3n) is 7.41. The van der Waals surface area contributed by atoms with Crippen molar-refractivity contribution >= 4 is 11.6 Å². The Kier molecular flexibility index (Phi) is 7.64. The number of hydrogen-bond donors (Lipinski definition) is 1. The molecule has 0 saturated heterocycles. The zero-order valence-corrected chi connectivity index (χ0v) is 21.8. The Balaban J connectivity index is 1.45. The van der Waals surface area contributed by atoms with Crippen molar-refractivity contribution in [2.75, 3.05) is 11.5 Å². The molecule has 40 heavy (non-hydrogen) atoms. The third-order valence-corrected chi connectivity index (χ3v) is 7.41. The molecule has 1 fully saturated rings. The smallest absolute Gasteiger partial charge is 0.318 e. The van der Waals surface area contributed by atoms with Crippen molar-refractivity contribution in [2.24, 2.45) is 7.05 Å². The standard InChI is InChI=1S/C27H28F5N5O3/c1-26(7-4-8-26)33-12-16-9-19-20(21(10-16)27(30,31)32)13-37(25(19)38)18-6-3-5-17(11-18)23(40-39-14-22(28)29)24-35-34-15-36(24)2/h3,5-6,9-11,15,22-23,33H,4,7-8,12-14H2,1-2H3/t23-/m1/s1. The molecular weight excluding hydrogens is 537 g/mol. The van der Waals surface area contributed by atoms with Crippen molar-refractivity contribution in [3.63, 3.8) is 0 Å². The second-order valence-corrected chi connectivity index (χ2v) is 10.4. The van der Waals surface area contributed by atoms with Gasteiger partial charge in [0.1, 0.15) is 12.9 Å². The molecular formula is C27H28F5N5O3. The largest absolute Gasteiger partial charge is 0.416 e. The Morgan fingerprint density at radius 2 is 1.95 bits per heavy atom. The van der Waals surface area contributed by atoms with Gasteiger partial charge in [0.05, 0.1) is 12.1 Å². The van der Waals surface area contributed by atoms with E-state index in [1.54, 1.807) is 25.2 Å². The summed E-state index contributed by atoms with van der Waals surface area (Å²) in [7, 11) is 1.62. The Bertz CT molecular complexity index is 1390. The van der Waals surface area contributed by atoms with Crippen LogP contribution in [0.1, 0.15) is 70.7 Å². The van der Waals surface area contributed by atoms with E-state index in [-0.39, 0.29) is 35.6 Å². The second-order valence-electron chi connectivity index (χ2n) is 10.4. The van der Waals surface area contributed by atoms with Gasteiger partial charge in [-0.05, 0) is 67.1 Å². The molecule has 1 saturated carbocycles. The monoisotopic (exact) mass is 565 g/mol. The van der Waals surface area contributed by atoms with E-state index < -0.39 is 36.8 Å². The van der Waals surface area contributed by atoms with E-state index in [4.69, 9.17) is 9.78 Å². The first-order chi connectivity index (χ1) is 18.9. The van der Waals surface area contributed by atoms with E-state index in [2.05, 4.69) is 15.5 Å². The van der Waals surface area contributed by atoms with Gasteiger partial charge in [0.2, 0.25) is 0 Å². The molecule has 1 atom stereocenters. The van der Waals surface area contributed by atoms with Gasteiger partial charge in [0, 0.05) is 30.4 Å². The fourth-order valence-electron chi connectivity index (χ4n) is 5.02. The van der Waals surface area contributed by atoms with Crippen LogP contribution in [0.3, 0.4) is 0 Å². The average molecular weight is 566 g/mol. The van der Waals surface area contributed by atoms with Gasteiger partial charge in [-0.15, -0.1) is 10.2 Å². The van der Waals surface area contributed by atoms with Crippen molar-refractivity contribution in [3.8, 4) is 0 Å². The summed E-state index contributed by atoms with van der Waals surface area (Å²) in [5.41, 5.74) is 0.0108. The number of anilines is 1. The van der Waals surface area contributed by atoms with Crippen LogP contribution < -0.4 is 10.2 Å². The molecule has 8 nitrogen and oxygen atoms in total. The van der Waals surface area contributed by atoms with Crippen molar-refractivity contribution < 1.29 is 36.5 Å². The van der Waals surface area contributed by atoms with E-state index >= 15 is 0 Å². The zero-order chi connectivity index (χ0) is 28.7. The zero-order valence-electron chi connectivity index (χ0n) is 21.8. The van der Waals surface area contributed by atoms with Gasteiger partial charge in [0.25, 0.3) is 12.3 Å². The number of amides is 1. The predicted molar refractivity (Wildman–Crippen MR) is 133 cm³/mol. The van der Waals surface area contributed by atoms with Crippen LogP contribution in [0, 0.1) is 0 Å². The molecule has 0 bridgehead atoms. The number of carbonyl (C=O) groups is 1. The van der Waals surface area contributed by atoms with E-state index in [1.807, 2.05) is 6.92 Å². The van der Waals surface area contributed by atoms with Crippen LogP contribution in [0.4, 0.5) is 27.6 Å². The van der Waals surface area contributed by atoms with Gasteiger partial charge in [-0.25, -0.2) is 18.6 Å². The summed E-state index contributed by atoms with van der Waals surface area (Å²) in [6.07, 6.45) is -4.17. The fraction of sp³-hybridized carbons (Fsp3) is 0.444. The van der Waals surface area contributed by atoms with E-state index in [9.17, 15) is 26.7 Å². The maximum Gasteiger partial charge on any atom is 0.416 e. The molecule has 214 valence electrons. The van der Waals surface area contributed by atoms with E-state index in [1.165, 1.54) is 27.9 Å². The number of nitrogens with zero attached hydrogens (tertiary/aromatic N) is 4. The van der Waals surface area contributed by atoms with Crippen molar-refractivity contribution in [2.45, 2.75) is 63.5 Å². The lowest BCUT2D eigenvalue weighted by Gasteiger charge is -2.39. The van der Waals surface area contributed by atoms with Crippen LogP contribution in [-0.2, 0) is 36.1 Å². The quantitative estimate of drug-likeness (QED) is 0.203. The fourth-order valence-corrected chi connectivity index (χ4v) is 5.02. The van der Waals surface area contributed by atoms with Crippen molar-refractivity contribution in [1.29, 1.82) is 0 Å². The van der Waals surface area contributed by atoms with Gasteiger partial charge < -0.3 is 14.8 Å². The summed E-state index contributed by atoms with van der Waals surface area (Å²) < 4.78 is 69.2. The van der Waals surface area contributed by atoms with E-state index in [0.717, 1.165) is 25.3 Å². The Morgan fingerprint density at radius 1 is 1.18 bits per heavy atom. The summed E-state index contributed by atoms with van der Waals surface area (Å²) >= 11 is 0. The maximum atomic E-state index is 14.1. The Morgan fingerprint density at radius 3 is 2.58 bits per heavy atom. The number of nitrogens with one attached hydrogen (secondary N) is 1. The molecule has 2 heterocycles. The number of alkyl halides is 5. The first kappa shape index (κ1) is 28.1. The van der Waals surface area contributed by atoms with Gasteiger partial charge in [0.15, 0.2) is 11.9 Å². The molecule has 13 heteroatoms. The van der Waals surface area contributed by atoms with Gasteiger partial charge in [-0.3, -0.25) is 4.79 Å². The molecule has 0 spiro atoms. The van der Waals surface area contributed by atoms with Crippen LogP contribution in [0.5, 0.6) is 0 Å². The SMILES string of the molecule is Cn1cnnc1[C@H](OOCC(F)F)c1cccc(N2Cc3c(cc(CNC4(C)CCC4)cc3C(F)(F)F)C2=O)c1. The number of fused-ring (bicyclic) bond motifs is 1.